The zero-order valence-corrected chi connectivity index (χ0v) is 14.5. The molecule has 0 saturated carbocycles. The first-order chi connectivity index (χ1) is 11.5. The summed E-state index contributed by atoms with van der Waals surface area (Å²) >= 11 is 6.20. The molecular formula is C17H18ClN5O. The minimum Gasteiger partial charge on any atom is -0.305 e. The largest absolute Gasteiger partial charge is 0.305 e. The van der Waals surface area contributed by atoms with E-state index in [1.54, 1.807) is 17.9 Å². The Bertz CT molecular complexity index is 896. The molecule has 6 nitrogen and oxygen atoms in total. The number of carbonyl (C=O) groups is 1. The van der Waals surface area contributed by atoms with Gasteiger partial charge in [-0.25, -0.2) is 0 Å². The summed E-state index contributed by atoms with van der Waals surface area (Å²) in [4.78, 5) is 12.3. The third-order valence-electron chi connectivity index (χ3n) is 3.98. The lowest BCUT2D eigenvalue weighted by Crippen LogP contribution is -2.14. The summed E-state index contributed by atoms with van der Waals surface area (Å²) in [6.45, 7) is 4.34. The molecule has 1 amide bonds. The summed E-state index contributed by atoms with van der Waals surface area (Å²) in [7, 11) is 1.80. The molecule has 2 aromatic heterocycles. The molecule has 24 heavy (non-hydrogen) atoms. The fraction of sp³-hybridized carbons (Fsp3) is 0.235. The second kappa shape index (κ2) is 6.49. The first-order valence-corrected chi connectivity index (χ1v) is 7.91. The van der Waals surface area contributed by atoms with Crippen LogP contribution in [0.15, 0.2) is 36.5 Å². The van der Waals surface area contributed by atoms with E-state index in [4.69, 9.17) is 11.6 Å². The maximum absolute atomic E-state index is 12.3. The third kappa shape index (κ3) is 3.19. The monoisotopic (exact) mass is 343 g/mol. The van der Waals surface area contributed by atoms with E-state index in [-0.39, 0.29) is 5.91 Å². The Balaban J connectivity index is 1.78. The van der Waals surface area contributed by atoms with Crippen molar-refractivity contribution >= 4 is 23.3 Å². The first-order valence-electron chi connectivity index (χ1n) is 7.53. The molecule has 0 aliphatic heterocycles. The number of amides is 1. The second-order valence-corrected chi connectivity index (χ2v) is 6.05. The van der Waals surface area contributed by atoms with Gasteiger partial charge in [0.25, 0.3) is 5.91 Å². The van der Waals surface area contributed by atoms with Gasteiger partial charge >= 0.3 is 0 Å². The van der Waals surface area contributed by atoms with Gasteiger partial charge in [0, 0.05) is 29.5 Å². The fourth-order valence-corrected chi connectivity index (χ4v) is 2.62. The van der Waals surface area contributed by atoms with E-state index < -0.39 is 0 Å². The maximum Gasteiger partial charge on any atom is 0.260 e. The van der Waals surface area contributed by atoms with Gasteiger partial charge in [0.15, 0.2) is 5.82 Å². The normalized spacial score (nSPS) is 10.8. The lowest BCUT2D eigenvalue weighted by Gasteiger charge is -2.06. The molecule has 1 aromatic carbocycles. The highest BCUT2D eigenvalue weighted by Crippen LogP contribution is 2.18. The quantitative estimate of drug-likeness (QED) is 0.791. The van der Waals surface area contributed by atoms with Crippen LogP contribution in [0.2, 0.25) is 5.02 Å². The van der Waals surface area contributed by atoms with Gasteiger partial charge in [0.05, 0.1) is 18.3 Å². The lowest BCUT2D eigenvalue weighted by atomic mass is 10.2. The SMILES string of the molecule is Cc1c(C(=O)Nc2cc(C)n(Cc3ccccc3Cl)n2)cnn1C. The molecule has 0 aliphatic carbocycles. The van der Waals surface area contributed by atoms with Gasteiger partial charge in [0.1, 0.15) is 0 Å². The molecule has 0 atom stereocenters. The average molecular weight is 344 g/mol. The number of aromatic nitrogens is 4. The molecule has 7 heteroatoms. The molecule has 0 fully saturated rings. The number of hydrogen-bond acceptors (Lipinski definition) is 3. The lowest BCUT2D eigenvalue weighted by molar-refractivity contribution is 0.102. The molecule has 3 aromatic rings. The van der Waals surface area contributed by atoms with Crippen LogP contribution in [0.5, 0.6) is 0 Å². The average Bonchev–Trinajstić information content (AvgIpc) is 3.05. The zero-order valence-electron chi connectivity index (χ0n) is 13.7. The predicted octanol–water partition coefficient (Wildman–Crippen LogP) is 3.19. The van der Waals surface area contributed by atoms with E-state index in [9.17, 15) is 4.79 Å². The Morgan fingerprint density at radius 3 is 2.71 bits per heavy atom. The van der Waals surface area contributed by atoms with Crippen molar-refractivity contribution in [3.63, 3.8) is 0 Å². The first kappa shape index (κ1) is 16.3. The number of carbonyl (C=O) groups excluding carboxylic acids is 1. The van der Waals surface area contributed by atoms with Crippen molar-refractivity contribution in [2.24, 2.45) is 7.05 Å². The van der Waals surface area contributed by atoms with E-state index in [1.165, 1.54) is 0 Å². The highest BCUT2D eigenvalue weighted by atomic mass is 35.5. The number of nitrogens with one attached hydrogen (secondary N) is 1. The van der Waals surface area contributed by atoms with E-state index in [1.807, 2.05) is 48.9 Å². The summed E-state index contributed by atoms with van der Waals surface area (Å²) in [6.07, 6.45) is 1.55. The number of rotatable bonds is 4. The number of hydrogen-bond donors (Lipinski definition) is 1. The Kier molecular flexibility index (Phi) is 4.40. The summed E-state index contributed by atoms with van der Waals surface area (Å²) in [5.74, 6) is 0.288. The van der Waals surface area contributed by atoms with Gasteiger partial charge in [-0.2, -0.15) is 10.2 Å². The summed E-state index contributed by atoms with van der Waals surface area (Å²) in [6, 6.07) is 9.47. The molecule has 0 bridgehead atoms. The van der Waals surface area contributed by atoms with Gasteiger partial charge in [0.2, 0.25) is 0 Å². The molecule has 0 aliphatic rings. The topological polar surface area (TPSA) is 64.7 Å². The van der Waals surface area contributed by atoms with Crippen LogP contribution in [0.25, 0.3) is 0 Å². The highest BCUT2D eigenvalue weighted by molar-refractivity contribution is 6.31. The van der Waals surface area contributed by atoms with Gasteiger partial charge < -0.3 is 5.32 Å². The van der Waals surface area contributed by atoms with Gasteiger partial charge in [-0.15, -0.1) is 0 Å². The summed E-state index contributed by atoms with van der Waals surface area (Å²) in [5, 5.41) is 12.0. The molecule has 124 valence electrons. The van der Waals surface area contributed by atoms with Crippen LogP contribution >= 0.6 is 11.6 Å². The highest BCUT2D eigenvalue weighted by Gasteiger charge is 2.15. The van der Waals surface area contributed by atoms with Crippen LogP contribution in [0, 0.1) is 13.8 Å². The van der Waals surface area contributed by atoms with Crippen LogP contribution in [-0.4, -0.2) is 25.5 Å². The van der Waals surface area contributed by atoms with Gasteiger partial charge in [-0.3, -0.25) is 14.2 Å². The van der Waals surface area contributed by atoms with E-state index in [0.717, 1.165) is 17.0 Å². The van der Waals surface area contributed by atoms with E-state index in [0.29, 0.717) is 22.9 Å². The molecule has 1 N–H and O–H groups in total. The molecule has 0 unspecified atom stereocenters. The van der Waals surface area contributed by atoms with E-state index >= 15 is 0 Å². The van der Waals surface area contributed by atoms with Crippen LogP contribution in [0.1, 0.15) is 27.3 Å². The van der Waals surface area contributed by atoms with Crippen molar-refractivity contribution in [3.05, 3.63) is 64.1 Å². The Labute approximate surface area is 145 Å². The minimum atomic E-state index is -0.219. The van der Waals surface area contributed by atoms with Gasteiger partial charge in [-0.05, 0) is 25.5 Å². The number of halogens is 1. The second-order valence-electron chi connectivity index (χ2n) is 5.64. The number of nitrogens with zero attached hydrogens (tertiary/aromatic N) is 4. The van der Waals surface area contributed by atoms with Crippen molar-refractivity contribution in [1.29, 1.82) is 0 Å². The number of aryl methyl sites for hydroxylation is 2. The van der Waals surface area contributed by atoms with Crippen molar-refractivity contribution in [2.45, 2.75) is 20.4 Å². The summed E-state index contributed by atoms with van der Waals surface area (Å²) < 4.78 is 3.48. The number of anilines is 1. The smallest absolute Gasteiger partial charge is 0.260 e. The maximum atomic E-state index is 12.3. The molecular weight excluding hydrogens is 326 g/mol. The van der Waals surface area contributed by atoms with Crippen LogP contribution in [0.4, 0.5) is 5.82 Å². The Hall–Kier alpha value is -2.60. The van der Waals surface area contributed by atoms with Crippen molar-refractivity contribution in [1.82, 2.24) is 19.6 Å². The molecule has 2 heterocycles. The number of benzene rings is 1. The molecule has 0 spiro atoms. The minimum absolute atomic E-state index is 0.219. The molecule has 0 saturated heterocycles. The Morgan fingerprint density at radius 1 is 1.29 bits per heavy atom. The molecule has 3 rings (SSSR count). The molecule has 0 radical (unpaired) electrons. The Morgan fingerprint density at radius 2 is 2.04 bits per heavy atom. The van der Waals surface area contributed by atoms with Crippen molar-refractivity contribution in [2.75, 3.05) is 5.32 Å². The zero-order chi connectivity index (χ0) is 17.3. The predicted molar refractivity (Wildman–Crippen MR) is 93.4 cm³/mol. The summed E-state index contributed by atoms with van der Waals surface area (Å²) in [5.41, 5.74) is 3.26. The van der Waals surface area contributed by atoms with Crippen LogP contribution < -0.4 is 5.32 Å². The fourth-order valence-electron chi connectivity index (χ4n) is 2.42. The van der Waals surface area contributed by atoms with E-state index in [2.05, 4.69) is 15.5 Å². The standard InChI is InChI=1S/C17H18ClN5O/c1-11-8-16(20-17(24)14-9-19-22(3)12(14)2)21-23(11)10-13-6-4-5-7-15(13)18/h4-9H,10H2,1-3H3,(H,20,21,24). The van der Waals surface area contributed by atoms with Crippen molar-refractivity contribution < 1.29 is 4.79 Å². The third-order valence-corrected chi connectivity index (χ3v) is 4.35. The van der Waals surface area contributed by atoms with Crippen LogP contribution in [-0.2, 0) is 13.6 Å². The van der Waals surface area contributed by atoms with Gasteiger partial charge in [-0.1, -0.05) is 29.8 Å². The van der Waals surface area contributed by atoms with Crippen molar-refractivity contribution in [3.8, 4) is 0 Å². The van der Waals surface area contributed by atoms with Crippen LogP contribution in [0.3, 0.4) is 0 Å².